The minimum Gasteiger partial charge on any atom is -0.328 e. The van der Waals surface area contributed by atoms with Crippen molar-refractivity contribution in [1.29, 1.82) is 0 Å². The summed E-state index contributed by atoms with van der Waals surface area (Å²) in [6.07, 6.45) is 2.44. The Kier molecular flexibility index (Phi) is 3.64. The average molecular weight is 311 g/mol. The first kappa shape index (κ1) is 15.0. The second-order valence-corrected chi connectivity index (χ2v) is 9.56. The minimum absolute atomic E-state index is 0.0202. The van der Waals surface area contributed by atoms with Gasteiger partial charge >= 0.3 is 0 Å². The van der Waals surface area contributed by atoms with Gasteiger partial charge < -0.3 is 9.88 Å². The number of rotatable bonds is 1. The molecule has 0 bridgehead atoms. The molecule has 1 aromatic heterocycles. The van der Waals surface area contributed by atoms with Crippen LogP contribution in [0, 0.1) is 0 Å². The molecule has 6 heteroatoms. The number of hydrogen-bond acceptors (Lipinski definition) is 4. The van der Waals surface area contributed by atoms with Crippen LogP contribution in [0.1, 0.15) is 56.9 Å². The minimum atomic E-state index is -2.82. The maximum atomic E-state index is 11.7. The molecule has 0 aliphatic carbocycles. The summed E-state index contributed by atoms with van der Waals surface area (Å²) in [6.45, 7) is 8.36. The fourth-order valence-corrected chi connectivity index (χ4v) is 4.86. The quantitative estimate of drug-likeness (QED) is 0.855. The molecule has 0 atom stereocenters. The zero-order valence-electron chi connectivity index (χ0n) is 13.1. The molecule has 1 N–H and O–H groups in total. The van der Waals surface area contributed by atoms with Crippen LogP contribution < -0.4 is 5.32 Å². The Morgan fingerprint density at radius 2 is 1.90 bits per heavy atom. The van der Waals surface area contributed by atoms with Gasteiger partial charge in [0.25, 0.3) is 0 Å². The van der Waals surface area contributed by atoms with Gasteiger partial charge in [-0.1, -0.05) is 20.8 Å². The van der Waals surface area contributed by atoms with Crippen molar-refractivity contribution in [1.82, 2.24) is 14.9 Å². The van der Waals surface area contributed by atoms with E-state index in [0.717, 1.165) is 43.9 Å². The van der Waals surface area contributed by atoms with E-state index in [1.165, 1.54) is 5.69 Å². The Hall–Kier alpha value is -0.880. The van der Waals surface area contributed by atoms with Crippen LogP contribution in [0.3, 0.4) is 0 Å². The number of aromatic nitrogens is 2. The van der Waals surface area contributed by atoms with Gasteiger partial charge in [0.15, 0.2) is 0 Å². The number of nitrogens with zero attached hydrogens (tertiary/aromatic N) is 2. The van der Waals surface area contributed by atoms with Gasteiger partial charge in [-0.05, 0) is 12.8 Å². The summed E-state index contributed by atoms with van der Waals surface area (Å²) in [4.78, 5) is 4.88. The van der Waals surface area contributed by atoms with Gasteiger partial charge in [0.1, 0.15) is 15.7 Å². The molecule has 21 heavy (non-hydrogen) atoms. The van der Waals surface area contributed by atoms with Gasteiger partial charge in [-0.3, -0.25) is 0 Å². The van der Waals surface area contributed by atoms with Crippen LogP contribution in [0.15, 0.2) is 0 Å². The normalized spacial score (nSPS) is 23.0. The SMILES string of the molecule is CC(C)(C)c1nc2c(n1C1CCS(=O)(=O)CC1)CCNC2. The summed E-state index contributed by atoms with van der Waals surface area (Å²) in [5.74, 6) is 1.74. The second-order valence-electron chi connectivity index (χ2n) is 7.26. The molecule has 1 fully saturated rings. The summed E-state index contributed by atoms with van der Waals surface area (Å²) in [5, 5.41) is 3.38. The molecule has 0 radical (unpaired) electrons. The lowest BCUT2D eigenvalue weighted by Crippen LogP contribution is -2.31. The van der Waals surface area contributed by atoms with Crippen molar-refractivity contribution in [2.45, 2.75) is 58.0 Å². The maximum absolute atomic E-state index is 11.7. The molecule has 2 aliphatic heterocycles. The van der Waals surface area contributed by atoms with Crippen LogP contribution in [0.2, 0.25) is 0 Å². The van der Waals surface area contributed by atoms with E-state index in [2.05, 4.69) is 30.7 Å². The third kappa shape index (κ3) is 2.88. The van der Waals surface area contributed by atoms with Gasteiger partial charge in [0.2, 0.25) is 0 Å². The summed E-state index contributed by atoms with van der Waals surface area (Å²) in [5.41, 5.74) is 2.45. The molecule has 0 amide bonds. The Morgan fingerprint density at radius 1 is 1.24 bits per heavy atom. The molecule has 3 rings (SSSR count). The molecule has 118 valence electrons. The van der Waals surface area contributed by atoms with Crippen LogP contribution in [-0.4, -0.2) is 36.0 Å². The second kappa shape index (κ2) is 5.09. The first-order chi connectivity index (χ1) is 9.78. The Labute approximate surface area is 127 Å². The van der Waals surface area contributed by atoms with Gasteiger partial charge in [0, 0.05) is 36.7 Å². The monoisotopic (exact) mass is 311 g/mol. The van der Waals surface area contributed by atoms with Crippen molar-refractivity contribution in [2.75, 3.05) is 18.1 Å². The van der Waals surface area contributed by atoms with Crippen molar-refractivity contribution in [2.24, 2.45) is 0 Å². The van der Waals surface area contributed by atoms with Crippen LogP contribution in [0.4, 0.5) is 0 Å². The maximum Gasteiger partial charge on any atom is 0.150 e. The molecule has 1 saturated heterocycles. The average Bonchev–Trinajstić information content (AvgIpc) is 2.78. The van der Waals surface area contributed by atoms with E-state index in [1.54, 1.807) is 0 Å². The fourth-order valence-electron chi connectivity index (χ4n) is 3.39. The predicted molar refractivity (Wildman–Crippen MR) is 83.3 cm³/mol. The number of hydrogen-bond donors (Lipinski definition) is 1. The molecular formula is C15H25N3O2S. The topological polar surface area (TPSA) is 64.0 Å². The fraction of sp³-hybridized carbons (Fsp3) is 0.800. The third-order valence-corrected chi connectivity index (χ3v) is 6.20. The van der Waals surface area contributed by atoms with Gasteiger partial charge in [0.05, 0.1) is 17.2 Å². The molecule has 3 heterocycles. The summed E-state index contributed by atoms with van der Waals surface area (Å²) >= 11 is 0. The van der Waals surface area contributed by atoms with Gasteiger partial charge in [-0.2, -0.15) is 0 Å². The van der Waals surface area contributed by atoms with Crippen molar-refractivity contribution in [3.8, 4) is 0 Å². The van der Waals surface area contributed by atoms with E-state index in [1.807, 2.05) is 0 Å². The van der Waals surface area contributed by atoms with Crippen LogP contribution in [0.25, 0.3) is 0 Å². The third-order valence-electron chi connectivity index (χ3n) is 4.48. The highest BCUT2D eigenvalue weighted by molar-refractivity contribution is 7.91. The van der Waals surface area contributed by atoms with E-state index in [4.69, 9.17) is 4.98 Å². The first-order valence-electron chi connectivity index (χ1n) is 7.79. The largest absolute Gasteiger partial charge is 0.328 e. The van der Waals surface area contributed by atoms with Crippen molar-refractivity contribution in [3.63, 3.8) is 0 Å². The summed E-state index contributed by atoms with van der Waals surface area (Å²) < 4.78 is 25.8. The van der Waals surface area contributed by atoms with Crippen molar-refractivity contribution < 1.29 is 8.42 Å². The lowest BCUT2D eigenvalue weighted by atomic mass is 9.94. The molecule has 0 aromatic carbocycles. The molecule has 0 spiro atoms. The summed E-state index contributed by atoms with van der Waals surface area (Å²) in [6, 6.07) is 0.289. The Bertz CT molecular complexity index is 627. The molecule has 0 unspecified atom stereocenters. The number of imidazole rings is 1. The van der Waals surface area contributed by atoms with Crippen LogP contribution in [-0.2, 0) is 28.2 Å². The highest BCUT2D eigenvalue weighted by Gasteiger charge is 2.33. The lowest BCUT2D eigenvalue weighted by Gasteiger charge is -2.30. The molecule has 5 nitrogen and oxygen atoms in total. The first-order valence-corrected chi connectivity index (χ1v) is 9.62. The van der Waals surface area contributed by atoms with Crippen molar-refractivity contribution in [3.05, 3.63) is 17.2 Å². The zero-order valence-corrected chi connectivity index (χ0v) is 14.0. The summed E-state index contributed by atoms with van der Waals surface area (Å²) in [7, 11) is -2.82. The highest BCUT2D eigenvalue weighted by Crippen LogP contribution is 2.34. The lowest BCUT2D eigenvalue weighted by molar-refractivity contribution is 0.391. The predicted octanol–water partition coefficient (Wildman–Crippen LogP) is 1.58. The Balaban J connectivity index is 2.02. The van der Waals surface area contributed by atoms with E-state index in [-0.39, 0.29) is 11.5 Å². The highest BCUT2D eigenvalue weighted by atomic mass is 32.2. The number of sulfone groups is 1. The molecule has 2 aliphatic rings. The van der Waals surface area contributed by atoms with Gasteiger partial charge in [-0.25, -0.2) is 13.4 Å². The standard InChI is InChI=1S/C15H25N3O2S/c1-15(2,3)14-17-12-10-16-7-4-13(12)18(14)11-5-8-21(19,20)9-6-11/h11,16H,4-10H2,1-3H3. The van der Waals surface area contributed by atoms with E-state index < -0.39 is 9.84 Å². The smallest absolute Gasteiger partial charge is 0.150 e. The Morgan fingerprint density at radius 3 is 2.52 bits per heavy atom. The molecular weight excluding hydrogens is 286 g/mol. The van der Waals surface area contributed by atoms with E-state index in [9.17, 15) is 8.42 Å². The van der Waals surface area contributed by atoms with E-state index in [0.29, 0.717) is 11.5 Å². The van der Waals surface area contributed by atoms with Gasteiger partial charge in [-0.15, -0.1) is 0 Å². The number of fused-ring (bicyclic) bond motifs is 1. The van der Waals surface area contributed by atoms with E-state index >= 15 is 0 Å². The number of nitrogens with one attached hydrogen (secondary N) is 1. The zero-order chi connectivity index (χ0) is 15.3. The molecule has 0 saturated carbocycles. The molecule has 1 aromatic rings. The van der Waals surface area contributed by atoms with Crippen LogP contribution in [0.5, 0.6) is 0 Å². The van der Waals surface area contributed by atoms with Crippen LogP contribution >= 0.6 is 0 Å². The van der Waals surface area contributed by atoms with Crippen molar-refractivity contribution >= 4 is 9.84 Å².